The van der Waals surface area contributed by atoms with Gasteiger partial charge >= 0.3 is 0 Å². The van der Waals surface area contributed by atoms with Crippen molar-refractivity contribution in [3.8, 4) is 0 Å². The summed E-state index contributed by atoms with van der Waals surface area (Å²) in [7, 11) is 2.20. The molecule has 4 heteroatoms. The third-order valence-electron chi connectivity index (χ3n) is 3.77. The van der Waals surface area contributed by atoms with E-state index in [0.29, 0.717) is 11.0 Å². The molecule has 0 radical (unpaired) electrons. The van der Waals surface area contributed by atoms with Crippen molar-refractivity contribution >= 4 is 17.2 Å². The fraction of sp³-hybridized carbons (Fsp3) is 0.917. The number of nitrogens with two attached hydrogens (primary N) is 1. The smallest absolute Gasteiger partial charge is 0.0743 e. The van der Waals surface area contributed by atoms with Crippen LogP contribution in [0.15, 0.2) is 0 Å². The number of hydrogen-bond donors (Lipinski definition) is 1. The van der Waals surface area contributed by atoms with Gasteiger partial charge in [-0.3, -0.25) is 9.80 Å². The van der Waals surface area contributed by atoms with E-state index >= 15 is 0 Å². The van der Waals surface area contributed by atoms with Gasteiger partial charge in [-0.05, 0) is 27.3 Å². The van der Waals surface area contributed by atoms with Crippen LogP contribution in [0.5, 0.6) is 0 Å². The van der Waals surface area contributed by atoms with Gasteiger partial charge in [0.05, 0.1) is 4.99 Å². The van der Waals surface area contributed by atoms with Crippen LogP contribution in [0.4, 0.5) is 0 Å². The van der Waals surface area contributed by atoms with Crippen LogP contribution in [0.3, 0.4) is 0 Å². The zero-order valence-electron chi connectivity index (χ0n) is 11.0. The van der Waals surface area contributed by atoms with Gasteiger partial charge in [0.2, 0.25) is 0 Å². The number of nitrogens with zero attached hydrogens (tertiary/aromatic N) is 2. The predicted octanol–water partition coefficient (Wildman–Crippen LogP) is 1.47. The third-order valence-corrected chi connectivity index (χ3v) is 3.94. The zero-order chi connectivity index (χ0) is 12.3. The van der Waals surface area contributed by atoms with Crippen molar-refractivity contribution in [1.29, 1.82) is 0 Å². The monoisotopic (exact) mass is 243 g/mol. The Bertz CT molecular complexity index is 253. The maximum absolute atomic E-state index is 5.66. The molecule has 0 spiro atoms. The van der Waals surface area contributed by atoms with E-state index in [9.17, 15) is 0 Å². The molecule has 1 fully saturated rings. The second kappa shape index (κ2) is 5.43. The topological polar surface area (TPSA) is 32.5 Å². The second-order valence-electron chi connectivity index (χ2n) is 5.44. The molecular formula is C12H25N3S. The molecule has 0 aliphatic carbocycles. The molecule has 1 heterocycles. The first-order valence-electron chi connectivity index (χ1n) is 6.10. The van der Waals surface area contributed by atoms with Crippen molar-refractivity contribution in [3.63, 3.8) is 0 Å². The molecule has 1 rings (SSSR count). The highest BCUT2D eigenvalue weighted by Gasteiger charge is 2.33. The molecule has 1 unspecified atom stereocenters. The maximum atomic E-state index is 5.66. The van der Waals surface area contributed by atoms with E-state index in [1.165, 1.54) is 0 Å². The Labute approximate surface area is 105 Å². The van der Waals surface area contributed by atoms with E-state index in [2.05, 4.69) is 37.6 Å². The molecule has 0 saturated carbocycles. The minimum absolute atomic E-state index is 0.252. The standard InChI is InChI=1S/C12H25N3S/c1-5-10(8-11(13)16)15-7-6-14(4)12(2,3)9-15/h10H,5-9H2,1-4H3,(H2,13,16). The first-order valence-corrected chi connectivity index (χ1v) is 6.51. The van der Waals surface area contributed by atoms with Crippen LogP contribution in [-0.2, 0) is 0 Å². The van der Waals surface area contributed by atoms with Crippen LogP contribution in [0.2, 0.25) is 0 Å². The summed E-state index contributed by atoms with van der Waals surface area (Å²) in [6, 6.07) is 0.519. The van der Waals surface area contributed by atoms with Gasteiger partial charge in [-0.2, -0.15) is 0 Å². The molecule has 1 aliphatic rings. The van der Waals surface area contributed by atoms with Gasteiger partial charge in [0.25, 0.3) is 0 Å². The molecule has 0 aromatic rings. The normalized spacial score (nSPS) is 24.2. The molecule has 16 heavy (non-hydrogen) atoms. The lowest BCUT2D eigenvalue weighted by molar-refractivity contribution is 0.0174. The molecule has 0 aromatic carbocycles. The van der Waals surface area contributed by atoms with Gasteiger partial charge in [0, 0.05) is 37.6 Å². The molecule has 0 amide bonds. The SMILES string of the molecule is CCC(CC(N)=S)N1CCN(C)C(C)(C)C1. The van der Waals surface area contributed by atoms with E-state index in [1.54, 1.807) is 0 Å². The number of hydrogen-bond acceptors (Lipinski definition) is 3. The minimum atomic E-state index is 0.252. The molecule has 1 saturated heterocycles. The fourth-order valence-electron chi connectivity index (χ4n) is 2.35. The Morgan fingerprint density at radius 2 is 2.06 bits per heavy atom. The summed E-state index contributed by atoms with van der Waals surface area (Å²) in [6.07, 6.45) is 1.97. The lowest BCUT2D eigenvalue weighted by Crippen LogP contribution is -2.60. The van der Waals surface area contributed by atoms with Crippen LogP contribution < -0.4 is 5.73 Å². The number of thiocarbonyl (C=S) groups is 1. The zero-order valence-corrected chi connectivity index (χ0v) is 11.8. The highest BCUT2D eigenvalue weighted by Crippen LogP contribution is 2.22. The molecule has 0 bridgehead atoms. The lowest BCUT2D eigenvalue weighted by Gasteiger charge is -2.48. The summed E-state index contributed by atoms with van der Waals surface area (Å²) in [5, 5.41) is 0. The molecule has 0 aromatic heterocycles. The van der Waals surface area contributed by atoms with Crippen molar-refractivity contribution in [2.75, 3.05) is 26.7 Å². The number of rotatable bonds is 4. The average Bonchev–Trinajstić information content (AvgIpc) is 2.18. The van der Waals surface area contributed by atoms with Crippen LogP contribution in [0, 0.1) is 0 Å². The summed E-state index contributed by atoms with van der Waals surface area (Å²) in [5.74, 6) is 0. The first-order chi connectivity index (χ1) is 7.36. The predicted molar refractivity (Wildman–Crippen MR) is 73.8 cm³/mol. The van der Waals surface area contributed by atoms with Crippen molar-refractivity contribution in [2.24, 2.45) is 5.73 Å². The number of likely N-dealkylation sites (N-methyl/N-ethyl adjacent to an activating group) is 1. The molecule has 94 valence electrons. The van der Waals surface area contributed by atoms with Crippen molar-refractivity contribution in [2.45, 2.75) is 45.2 Å². The van der Waals surface area contributed by atoms with E-state index in [-0.39, 0.29) is 5.54 Å². The average molecular weight is 243 g/mol. The van der Waals surface area contributed by atoms with Gasteiger partial charge in [0.1, 0.15) is 0 Å². The highest BCUT2D eigenvalue weighted by molar-refractivity contribution is 7.80. The lowest BCUT2D eigenvalue weighted by atomic mass is 9.97. The number of piperazine rings is 1. The van der Waals surface area contributed by atoms with Gasteiger partial charge < -0.3 is 5.73 Å². The second-order valence-corrected chi connectivity index (χ2v) is 5.96. The Balaban J connectivity index is 2.62. The molecule has 3 nitrogen and oxygen atoms in total. The summed E-state index contributed by atoms with van der Waals surface area (Å²) in [5.41, 5.74) is 5.92. The van der Waals surface area contributed by atoms with Gasteiger partial charge in [-0.25, -0.2) is 0 Å². The van der Waals surface area contributed by atoms with Gasteiger partial charge in [-0.1, -0.05) is 19.1 Å². The van der Waals surface area contributed by atoms with Gasteiger partial charge in [0.15, 0.2) is 0 Å². The van der Waals surface area contributed by atoms with Gasteiger partial charge in [-0.15, -0.1) is 0 Å². The van der Waals surface area contributed by atoms with E-state index in [4.69, 9.17) is 18.0 Å². The molecule has 2 N–H and O–H groups in total. The Morgan fingerprint density at radius 1 is 1.44 bits per heavy atom. The fourth-order valence-corrected chi connectivity index (χ4v) is 2.55. The van der Waals surface area contributed by atoms with Crippen molar-refractivity contribution in [3.05, 3.63) is 0 Å². The van der Waals surface area contributed by atoms with E-state index < -0.39 is 0 Å². The first kappa shape index (κ1) is 13.9. The van der Waals surface area contributed by atoms with Crippen LogP contribution in [0.25, 0.3) is 0 Å². The molecular weight excluding hydrogens is 218 g/mol. The molecule has 1 aliphatic heterocycles. The Kier molecular flexibility index (Phi) is 4.71. The quantitative estimate of drug-likeness (QED) is 0.758. The van der Waals surface area contributed by atoms with Crippen LogP contribution in [0.1, 0.15) is 33.6 Å². The van der Waals surface area contributed by atoms with Crippen molar-refractivity contribution in [1.82, 2.24) is 9.80 Å². The van der Waals surface area contributed by atoms with Crippen LogP contribution >= 0.6 is 12.2 Å². The van der Waals surface area contributed by atoms with E-state index in [0.717, 1.165) is 32.5 Å². The van der Waals surface area contributed by atoms with E-state index in [1.807, 2.05) is 0 Å². The summed E-state index contributed by atoms with van der Waals surface area (Å²) in [4.78, 5) is 5.61. The Morgan fingerprint density at radius 3 is 2.50 bits per heavy atom. The minimum Gasteiger partial charge on any atom is -0.393 e. The third kappa shape index (κ3) is 3.40. The summed E-state index contributed by atoms with van der Waals surface area (Å²) < 4.78 is 0. The highest BCUT2D eigenvalue weighted by atomic mass is 32.1. The summed E-state index contributed by atoms with van der Waals surface area (Å²) >= 11 is 5.03. The Hall–Kier alpha value is -0.190. The molecule has 1 atom stereocenters. The summed E-state index contributed by atoms with van der Waals surface area (Å²) in [6.45, 7) is 10.2. The van der Waals surface area contributed by atoms with Crippen molar-refractivity contribution < 1.29 is 0 Å². The maximum Gasteiger partial charge on any atom is 0.0743 e. The largest absolute Gasteiger partial charge is 0.393 e. The van der Waals surface area contributed by atoms with Crippen LogP contribution in [-0.4, -0.2) is 53.1 Å².